The Balaban J connectivity index is 1.49. The molecule has 38 heavy (non-hydrogen) atoms. The summed E-state index contributed by atoms with van der Waals surface area (Å²) in [5.74, 6) is 2.02. The van der Waals surface area contributed by atoms with E-state index < -0.39 is 11.8 Å². The zero-order valence-electron chi connectivity index (χ0n) is 22.2. The van der Waals surface area contributed by atoms with E-state index >= 15 is 0 Å². The van der Waals surface area contributed by atoms with Crippen molar-refractivity contribution in [3.63, 3.8) is 0 Å². The fourth-order valence-corrected chi connectivity index (χ4v) is 3.49. The molecule has 0 bridgehead atoms. The number of rotatable bonds is 8. The van der Waals surface area contributed by atoms with Crippen molar-refractivity contribution in [2.75, 3.05) is 24.4 Å². The van der Waals surface area contributed by atoms with E-state index in [0.29, 0.717) is 46.4 Å². The second kappa shape index (κ2) is 11.0. The van der Waals surface area contributed by atoms with Crippen molar-refractivity contribution in [3.05, 3.63) is 60.2 Å². The number of halogens is 1. The summed E-state index contributed by atoms with van der Waals surface area (Å²) in [6.07, 6.45) is 1.57. The number of methoxy groups -OCH3 is 1. The molecule has 0 fully saturated rings. The molecule has 2 N–H and O–H groups in total. The predicted molar refractivity (Wildman–Crippen MR) is 143 cm³/mol. The first kappa shape index (κ1) is 26.7. The molecular weight excluding hydrogens is 491 g/mol. The van der Waals surface area contributed by atoms with Gasteiger partial charge in [0.2, 0.25) is 0 Å². The Hall–Kier alpha value is -4.34. The average molecular weight is 523 g/mol. The number of hydrogen-bond acceptors (Lipinski definition) is 7. The topological polar surface area (TPSA) is 108 Å². The highest BCUT2D eigenvalue weighted by Gasteiger charge is 2.20. The van der Waals surface area contributed by atoms with Crippen LogP contribution in [0, 0.1) is 11.7 Å². The van der Waals surface area contributed by atoms with E-state index in [1.165, 1.54) is 18.2 Å². The number of benzene rings is 2. The first-order valence-corrected chi connectivity index (χ1v) is 12.2. The third kappa shape index (κ3) is 6.31. The summed E-state index contributed by atoms with van der Waals surface area (Å²) >= 11 is 0. The highest BCUT2D eigenvalue weighted by molar-refractivity contribution is 5.99. The van der Waals surface area contributed by atoms with Gasteiger partial charge in [-0.25, -0.2) is 9.18 Å². The summed E-state index contributed by atoms with van der Waals surface area (Å²) in [6.45, 7) is 10.5. The maximum atomic E-state index is 14.9. The Bertz CT molecular complexity index is 1450. The van der Waals surface area contributed by atoms with Gasteiger partial charge < -0.3 is 24.1 Å². The van der Waals surface area contributed by atoms with Crippen LogP contribution in [0.3, 0.4) is 0 Å². The normalized spacial score (nSPS) is 11.5. The van der Waals surface area contributed by atoms with Crippen LogP contribution in [-0.4, -0.2) is 29.9 Å². The van der Waals surface area contributed by atoms with Gasteiger partial charge in [0.05, 0.1) is 19.2 Å². The van der Waals surface area contributed by atoms with E-state index in [1.807, 2.05) is 20.8 Å². The summed E-state index contributed by atoms with van der Waals surface area (Å²) in [6, 6.07) is 10.3. The first-order valence-electron chi connectivity index (χ1n) is 12.2. The molecule has 2 heterocycles. The van der Waals surface area contributed by atoms with Gasteiger partial charge in [-0.15, -0.1) is 0 Å². The molecule has 0 saturated heterocycles. The molecule has 2 aromatic heterocycles. The molecule has 4 rings (SSSR count). The molecule has 0 atom stereocenters. The third-order valence-corrected chi connectivity index (χ3v) is 5.46. The minimum absolute atomic E-state index is 0.0196. The molecule has 0 aliphatic carbocycles. The molecule has 0 radical (unpaired) electrons. The first-order chi connectivity index (χ1) is 18.0. The smallest absolute Gasteiger partial charge is 0.324 e. The van der Waals surface area contributed by atoms with Gasteiger partial charge >= 0.3 is 6.03 Å². The fourth-order valence-electron chi connectivity index (χ4n) is 3.49. The van der Waals surface area contributed by atoms with Gasteiger partial charge in [-0.3, -0.25) is 10.3 Å². The van der Waals surface area contributed by atoms with Crippen molar-refractivity contribution in [3.8, 4) is 23.0 Å². The van der Waals surface area contributed by atoms with Crippen LogP contribution in [0.4, 0.5) is 20.7 Å². The number of hydrogen-bond donors (Lipinski definition) is 2. The number of nitrogens with one attached hydrogen (secondary N) is 2. The zero-order chi connectivity index (χ0) is 27.4. The van der Waals surface area contributed by atoms with E-state index in [-0.39, 0.29) is 22.7 Å². The maximum absolute atomic E-state index is 14.9. The molecular formula is C28H31FN4O5. The minimum Gasteiger partial charge on any atom is -0.493 e. The number of aromatic nitrogens is 2. The lowest BCUT2D eigenvalue weighted by Gasteiger charge is -2.15. The molecule has 200 valence electrons. The Morgan fingerprint density at radius 2 is 1.82 bits per heavy atom. The molecule has 0 aliphatic rings. The van der Waals surface area contributed by atoms with Crippen molar-refractivity contribution < 1.29 is 27.9 Å². The standard InChI is InChI=1S/C28H31FN4O5/c1-16(2)15-36-24-13-20-18(12-23(24)35-6)21(9-10-30-20)37-22-8-7-17(11-19(22)29)31-27(34)32-26-14-25(38-33-26)28(3,4)5/h7-14,16H,15H2,1-6H3,(H2,31,32,33,34). The molecule has 4 aromatic rings. The second-order valence-corrected chi connectivity index (χ2v) is 10.2. The van der Waals surface area contributed by atoms with Crippen molar-refractivity contribution in [1.29, 1.82) is 0 Å². The number of ether oxygens (including phenoxy) is 3. The van der Waals surface area contributed by atoms with Gasteiger partial charge in [-0.05, 0) is 30.2 Å². The SMILES string of the molecule is COc1cc2c(Oc3ccc(NC(=O)Nc4cc(C(C)(C)C)on4)cc3F)ccnc2cc1OCC(C)C. The summed E-state index contributed by atoms with van der Waals surface area (Å²) < 4.78 is 37.4. The average Bonchev–Trinajstić information content (AvgIpc) is 3.33. The molecule has 9 nitrogen and oxygen atoms in total. The highest BCUT2D eigenvalue weighted by atomic mass is 19.1. The number of carbonyl (C=O) groups is 1. The molecule has 0 unspecified atom stereocenters. The lowest BCUT2D eigenvalue weighted by molar-refractivity contribution is 0.257. The van der Waals surface area contributed by atoms with Gasteiger partial charge in [0, 0.05) is 40.9 Å². The number of nitrogens with zero attached hydrogens (tertiary/aromatic N) is 2. The van der Waals surface area contributed by atoms with Crippen molar-refractivity contribution >= 4 is 28.4 Å². The van der Waals surface area contributed by atoms with Gasteiger partial charge in [0.15, 0.2) is 28.9 Å². The van der Waals surface area contributed by atoms with Crippen LogP contribution in [0.15, 0.2) is 53.2 Å². The third-order valence-electron chi connectivity index (χ3n) is 5.46. The summed E-state index contributed by atoms with van der Waals surface area (Å²) in [5.41, 5.74) is 0.595. The predicted octanol–water partition coefficient (Wildman–Crippen LogP) is 7.14. The van der Waals surface area contributed by atoms with E-state index in [9.17, 15) is 9.18 Å². The molecule has 2 aromatic carbocycles. The molecule has 10 heteroatoms. The molecule has 2 amide bonds. The molecule has 0 spiro atoms. The van der Waals surface area contributed by atoms with Gasteiger partial charge in [0.25, 0.3) is 0 Å². The lowest BCUT2D eigenvalue weighted by Crippen LogP contribution is -2.19. The van der Waals surface area contributed by atoms with E-state index in [2.05, 4.69) is 34.6 Å². The molecule has 0 saturated carbocycles. The van der Waals surface area contributed by atoms with E-state index in [0.717, 1.165) is 0 Å². The Morgan fingerprint density at radius 3 is 2.47 bits per heavy atom. The number of urea groups is 1. The fraction of sp³-hybridized carbons (Fsp3) is 0.321. The second-order valence-electron chi connectivity index (χ2n) is 10.2. The quantitative estimate of drug-likeness (QED) is 0.253. The Kier molecular flexibility index (Phi) is 7.70. The van der Waals surface area contributed by atoms with Crippen molar-refractivity contribution in [2.45, 2.75) is 40.0 Å². The summed E-state index contributed by atoms with van der Waals surface area (Å²) in [5, 5.41) is 9.61. The van der Waals surface area contributed by atoms with Crippen LogP contribution in [-0.2, 0) is 5.41 Å². The van der Waals surface area contributed by atoms with Crippen LogP contribution < -0.4 is 24.8 Å². The van der Waals surface area contributed by atoms with Gasteiger partial charge in [0.1, 0.15) is 11.5 Å². The van der Waals surface area contributed by atoms with E-state index in [4.69, 9.17) is 18.7 Å². The monoisotopic (exact) mass is 522 g/mol. The number of anilines is 2. The summed E-state index contributed by atoms with van der Waals surface area (Å²) in [4.78, 5) is 16.7. The number of amides is 2. The minimum atomic E-state index is -0.659. The largest absolute Gasteiger partial charge is 0.493 e. The van der Waals surface area contributed by atoms with Gasteiger partial charge in [-0.1, -0.05) is 39.8 Å². The lowest BCUT2D eigenvalue weighted by atomic mass is 9.93. The maximum Gasteiger partial charge on any atom is 0.324 e. The van der Waals surface area contributed by atoms with Crippen molar-refractivity contribution in [1.82, 2.24) is 10.1 Å². The molecule has 0 aliphatic heterocycles. The summed E-state index contributed by atoms with van der Waals surface area (Å²) in [7, 11) is 1.55. The van der Waals surface area contributed by atoms with Gasteiger partial charge in [-0.2, -0.15) is 0 Å². The number of fused-ring (bicyclic) bond motifs is 1. The highest BCUT2D eigenvalue weighted by Crippen LogP contribution is 2.38. The van der Waals surface area contributed by atoms with Crippen LogP contribution in [0.5, 0.6) is 23.0 Å². The van der Waals surface area contributed by atoms with Crippen LogP contribution in [0.2, 0.25) is 0 Å². The van der Waals surface area contributed by atoms with Crippen LogP contribution in [0.1, 0.15) is 40.4 Å². The van der Waals surface area contributed by atoms with Crippen LogP contribution >= 0.6 is 0 Å². The van der Waals surface area contributed by atoms with Crippen molar-refractivity contribution in [2.24, 2.45) is 5.92 Å². The number of carbonyl (C=O) groups excluding carboxylic acids is 1. The Labute approximate surface area is 220 Å². The number of pyridine rings is 1. The Morgan fingerprint density at radius 1 is 1.03 bits per heavy atom. The zero-order valence-corrected chi connectivity index (χ0v) is 22.2. The van der Waals surface area contributed by atoms with Crippen LogP contribution in [0.25, 0.3) is 10.9 Å². The van der Waals surface area contributed by atoms with E-state index in [1.54, 1.807) is 37.6 Å².